The molecule has 8 heteroatoms. The summed E-state index contributed by atoms with van der Waals surface area (Å²) in [6, 6.07) is 5.68. The predicted octanol–water partition coefficient (Wildman–Crippen LogP) is 0.743. The van der Waals surface area contributed by atoms with Crippen LogP contribution in [0.2, 0.25) is 0 Å². The maximum Gasteiger partial charge on any atom is 0.281 e. The van der Waals surface area contributed by atoms with Gasteiger partial charge in [-0.05, 0) is 37.3 Å². The Bertz CT molecular complexity index is 708. The Morgan fingerprint density at radius 2 is 2.04 bits per heavy atom. The number of piperidine rings is 1. The van der Waals surface area contributed by atoms with Gasteiger partial charge in [0.25, 0.3) is 10.2 Å². The Balaban J connectivity index is 1.67. The largest absolute Gasteiger partial charge is 0.338 e. The average Bonchev–Trinajstić information content (AvgIpc) is 2.93. The van der Waals surface area contributed by atoms with Crippen LogP contribution in [0.4, 0.5) is 0 Å². The standard InChI is InChI=1S/C17H26N4O3S/c1-19(2)25(23,24)20-11-14-6-8-16(13-20)21(12-14)17(22)9-7-15-5-3-4-10-18-15/h3-5,10,14,16H,6-9,11-13H2,1-2H3/t14-,16+/m1/s1. The van der Waals surface area contributed by atoms with Crippen LogP contribution in [0.25, 0.3) is 0 Å². The molecule has 1 aromatic heterocycles. The summed E-state index contributed by atoms with van der Waals surface area (Å²) in [5.74, 6) is 0.316. The van der Waals surface area contributed by atoms with Crippen LogP contribution in [0, 0.1) is 5.92 Å². The summed E-state index contributed by atoms with van der Waals surface area (Å²) in [5.41, 5.74) is 0.910. The molecule has 3 fully saturated rings. The molecule has 0 radical (unpaired) electrons. The van der Waals surface area contributed by atoms with Gasteiger partial charge in [-0.1, -0.05) is 6.07 Å². The first kappa shape index (κ1) is 18.3. The van der Waals surface area contributed by atoms with E-state index in [0.717, 1.165) is 18.5 Å². The molecule has 2 bridgehead atoms. The fourth-order valence-corrected chi connectivity index (χ4v) is 4.91. The van der Waals surface area contributed by atoms with Crippen LogP contribution in [0.1, 0.15) is 25.0 Å². The quantitative estimate of drug-likeness (QED) is 0.771. The highest BCUT2D eigenvalue weighted by Crippen LogP contribution is 2.30. The number of hydrogen-bond donors (Lipinski definition) is 0. The zero-order valence-corrected chi connectivity index (χ0v) is 15.7. The van der Waals surface area contributed by atoms with Crippen molar-refractivity contribution in [3.8, 4) is 0 Å². The minimum Gasteiger partial charge on any atom is -0.338 e. The van der Waals surface area contributed by atoms with E-state index >= 15 is 0 Å². The number of amides is 1. The number of rotatable bonds is 5. The molecule has 0 unspecified atom stereocenters. The van der Waals surface area contributed by atoms with E-state index < -0.39 is 10.2 Å². The van der Waals surface area contributed by atoms with Crippen LogP contribution in [0.3, 0.4) is 0 Å². The van der Waals surface area contributed by atoms with Crippen molar-refractivity contribution in [2.45, 2.75) is 31.7 Å². The van der Waals surface area contributed by atoms with Crippen molar-refractivity contribution in [3.05, 3.63) is 30.1 Å². The Kier molecular flexibility index (Phi) is 5.41. The first-order valence-electron chi connectivity index (χ1n) is 8.75. The number of carbonyl (C=O) groups excluding carboxylic acids is 1. The van der Waals surface area contributed by atoms with Crippen LogP contribution < -0.4 is 0 Å². The average molecular weight is 366 g/mol. The highest BCUT2D eigenvalue weighted by Gasteiger charge is 2.41. The maximum atomic E-state index is 12.7. The third-order valence-corrected chi connectivity index (χ3v) is 6.98. The van der Waals surface area contributed by atoms with Gasteiger partial charge < -0.3 is 4.90 Å². The Morgan fingerprint density at radius 1 is 1.24 bits per heavy atom. The summed E-state index contributed by atoms with van der Waals surface area (Å²) >= 11 is 0. The second-order valence-corrected chi connectivity index (χ2v) is 9.21. The summed E-state index contributed by atoms with van der Waals surface area (Å²) in [5, 5.41) is 0. The van der Waals surface area contributed by atoms with Crippen molar-refractivity contribution in [2.75, 3.05) is 33.7 Å². The van der Waals surface area contributed by atoms with Gasteiger partial charge in [0.2, 0.25) is 5.91 Å². The van der Waals surface area contributed by atoms with E-state index in [1.165, 1.54) is 4.31 Å². The minimum atomic E-state index is -3.43. The van der Waals surface area contributed by atoms with Crippen LogP contribution in [0.15, 0.2) is 24.4 Å². The Hall–Kier alpha value is -1.51. The second-order valence-electron chi connectivity index (χ2n) is 7.07. The molecule has 138 valence electrons. The molecule has 4 heterocycles. The lowest BCUT2D eigenvalue weighted by atomic mass is 9.94. The van der Waals surface area contributed by atoms with Crippen molar-refractivity contribution in [3.63, 3.8) is 0 Å². The van der Waals surface area contributed by atoms with E-state index in [1.807, 2.05) is 23.1 Å². The number of nitrogens with zero attached hydrogens (tertiary/aromatic N) is 4. The summed E-state index contributed by atoms with van der Waals surface area (Å²) < 4.78 is 27.8. The minimum absolute atomic E-state index is 0.0234. The SMILES string of the molecule is CN(C)S(=O)(=O)N1C[C@H]2CC[C@@H](C1)N(C(=O)CCc1ccccn1)C2. The van der Waals surface area contributed by atoms with Gasteiger partial charge >= 0.3 is 0 Å². The maximum absolute atomic E-state index is 12.7. The van der Waals surface area contributed by atoms with Crippen molar-refractivity contribution >= 4 is 16.1 Å². The topological polar surface area (TPSA) is 73.8 Å². The first-order chi connectivity index (χ1) is 11.9. The van der Waals surface area contributed by atoms with Gasteiger partial charge in [0.15, 0.2) is 0 Å². The first-order valence-corrected chi connectivity index (χ1v) is 10.1. The van der Waals surface area contributed by atoms with E-state index in [4.69, 9.17) is 0 Å². The molecule has 7 nitrogen and oxygen atoms in total. The van der Waals surface area contributed by atoms with E-state index in [0.29, 0.717) is 32.5 Å². The highest BCUT2D eigenvalue weighted by molar-refractivity contribution is 7.86. The van der Waals surface area contributed by atoms with Crippen molar-refractivity contribution in [1.29, 1.82) is 0 Å². The van der Waals surface area contributed by atoms with E-state index in [-0.39, 0.29) is 17.9 Å². The van der Waals surface area contributed by atoms with E-state index in [1.54, 1.807) is 24.6 Å². The molecule has 25 heavy (non-hydrogen) atoms. The Morgan fingerprint density at radius 3 is 2.72 bits per heavy atom. The van der Waals surface area contributed by atoms with Gasteiger partial charge in [-0.15, -0.1) is 0 Å². The lowest BCUT2D eigenvalue weighted by Gasteiger charge is -2.36. The van der Waals surface area contributed by atoms with Crippen LogP contribution in [0.5, 0.6) is 0 Å². The molecule has 0 aromatic carbocycles. The number of fused-ring (bicyclic) bond motifs is 4. The van der Waals surface area contributed by atoms with Gasteiger partial charge in [0.1, 0.15) is 0 Å². The molecular weight excluding hydrogens is 340 g/mol. The van der Waals surface area contributed by atoms with E-state index in [9.17, 15) is 13.2 Å². The molecular formula is C17H26N4O3S. The molecule has 2 atom stereocenters. The summed E-state index contributed by atoms with van der Waals surface area (Å²) in [6.07, 6.45) is 4.62. The van der Waals surface area contributed by atoms with Gasteiger partial charge in [-0.25, -0.2) is 0 Å². The summed E-state index contributed by atoms with van der Waals surface area (Å²) in [7, 11) is -0.328. The third kappa shape index (κ3) is 4.02. The molecule has 1 amide bonds. The van der Waals surface area contributed by atoms with Crippen LogP contribution in [-0.4, -0.2) is 72.6 Å². The monoisotopic (exact) mass is 366 g/mol. The lowest BCUT2D eigenvalue weighted by molar-refractivity contribution is -0.135. The Labute approximate surface area is 149 Å². The van der Waals surface area contributed by atoms with Gasteiger partial charge in [0.05, 0.1) is 0 Å². The molecule has 4 rings (SSSR count). The molecule has 0 spiro atoms. The number of hydrogen-bond acceptors (Lipinski definition) is 4. The smallest absolute Gasteiger partial charge is 0.281 e. The molecule has 3 aliphatic heterocycles. The van der Waals surface area contributed by atoms with Crippen LogP contribution >= 0.6 is 0 Å². The van der Waals surface area contributed by atoms with Crippen molar-refractivity contribution in [2.24, 2.45) is 5.92 Å². The normalized spacial score (nSPS) is 24.5. The van der Waals surface area contributed by atoms with Crippen molar-refractivity contribution < 1.29 is 13.2 Å². The molecule has 0 N–H and O–H groups in total. The molecule has 0 saturated carbocycles. The van der Waals surface area contributed by atoms with Crippen LogP contribution in [-0.2, 0) is 21.4 Å². The fraction of sp³-hybridized carbons (Fsp3) is 0.647. The third-order valence-electron chi connectivity index (χ3n) is 5.11. The zero-order chi connectivity index (χ0) is 18.0. The van der Waals surface area contributed by atoms with Crippen molar-refractivity contribution in [1.82, 2.24) is 18.5 Å². The number of aromatic nitrogens is 1. The lowest BCUT2D eigenvalue weighted by Crippen LogP contribution is -2.48. The number of carbonyl (C=O) groups is 1. The fourth-order valence-electron chi connectivity index (χ4n) is 3.69. The number of aryl methyl sites for hydroxylation is 1. The molecule has 3 saturated heterocycles. The molecule has 0 aliphatic carbocycles. The van der Waals surface area contributed by atoms with Gasteiger partial charge in [0, 0.05) is 58.1 Å². The number of pyridine rings is 1. The summed E-state index contributed by atoms with van der Waals surface area (Å²) in [4.78, 5) is 18.9. The zero-order valence-electron chi connectivity index (χ0n) is 14.8. The van der Waals surface area contributed by atoms with Gasteiger partial charge in [-0.2, -0.15) is 17.0 Å². The van der Waals surface area contributed by atoms with Gasteiger partial charge in [-0.3, -0.25) is 9.78 Å². The summed E-state index contributed by atoms with van der Waals surface area (Å²) in [6.45, 7) is 1.55. The highest BCUT2D eigenvalue weighted by atomic mass is 32.2. The second kappa shape index (κ2) is 7.39. The predicted molar refractivity (Wildman–Crippen MR) is 95.0 cm³/mol. The van der Waals surface area contributed by atoms with E-state index in [2.05, 4.69) is 4.98 Å². The molecule has 1 aromatic rings. The molecule has 3 aliphatic rings.